The van der Waals surface area contributed by atoms with Gasteiger partial charge in [0.05, 0.1) is 0 Å². The summed E-state index contributed by atoms with van der Waals surface area (Å²) in [6.07, 6.45) is 4.21. The molecule has 1 saturated carbocycles. The summed E-state index contributed by atoms with van der Waals surface area (Å²) in [6.45, 7) is 0. The third kappa shape index (κ3) is 3.12. The average molecular weight is 280 g/mol. The van der Waals surface area contributed by atoms with Gasteiger partial charge in [0.25, 0.3) is 5.91 Å². The zero-order chi connectivity index (χ0) is 14.6. The summed E-state index contributed by atoms with van der Waals surface area (Å²) in [6, 6.07) is 3.87. The third-order valence-corrected chi connectivity index (χ3v) is 3.67. The number of hydrogen-bond donors (Lipinski definition) is 2. The van der Waals surface area contributed by atoms with E-state index >= 15 is 0 Å². The second-order valence-corrected chi connectivity index (χ2v) is 5.10. The number of pyridine rings is 1. The van der Waals surface area contributed by atoms with Crippen molar-refractivity contribution in [2.45, 2.75) is 44.1 Å². The van der Waals surface area contributed by atoms with Crippen LogP contribution in [0, 0.1) is 5.95 Å². The number of carboxylic acids is 1. The molecule has 1 aliphatic carbocycles. The normalized spacial score (nSPS) is 18.1. The van der Waals surface area contributed by atoms with E-state index in [1.54, 1.807) is 0 Å². The van der Waals surface area contributed by atoms with Crippen LogP contribution in [0.1, 0.15) is 49.0 Å². The number of aliphatic carboxylic acids is 1. The lowest BCUT2D eigenvalue weighted by atomic mass is 9.90. The molecule has 2 N–H and O–H groups in total. The summed E-state index contributed by atoms with van der Waals surface area (Å²) in [5.41, 5.74) is -1.36. The SMILES string of the molecule is O=C(NC1(C(=O)O)CCCCCC1)c1cccc(F)n1. The van der Waals surface area contributed by atoms with E-state index in [0.717, 1.165) is 31.7 Å². The second-order valence-electron chi connectivity index (χ2n) is 5.10. The highest BCUT2D eigenvalue weighted by Gasteiger charge is 2.40. The fourth-order valence-electron chi connectivity index (χ4n) is 2.54. The van der Waals surface area contributed by atoms with Crippen molar-refractivity contribution in [3.63, 3.8) is 0 Å². The maximum atomic E-state index is 13.0. The summed E-state index contributed by atoms with van der Waals surface area (Å²) < 4.78 is 13.0. The smallest absolute Gasteiger partial charge is 0.329 e. The van der Waals surface area contributed by atoms with E-state index in [1.165, 1.54) is 12.1 Å². The van der Waals surface area contributed by atoms with Crippen LogP contribution in [-0.2, 0) is 4.79 Å². The molecule has 0 radical (unpaired) electrons. The molecule has 20 heavy (non-hydrogen) atoms. The largest absolute Gasteiger partial charge is 0.480 e. The molecule has 108 valence electrons. The summed E-state index contributed by atoms with van der Waals surface area (Å²) in [7, 11) is 0. The molecule has 1 heterocycles. The Balaban J connectivity index is 2.19. The molecule has 0 saturated heterocycles. The number of amides is 1. The van der Waals surface area contributed by atoms with Gasteiger partial charge in [-0.25, -0.2) is 9.78 Å². The highest BCUT2D eigenvalue weighted by atomic mass is 19.1. The first-order valence-corrected chi connectivity index (χ1v) is 6.72. The van der Waals surface area contributed by atoms with Crippen LogP contribution < -0.4 is 5.32 Å². The Morgan fingerprint density at radius 2 is 1.85 bits per heavy atom. The number of nitrogens with zero attached hydrogens (tertiary/aromatic N) is 1. The van der Waals surface area contributed by atoms with Crippen LogP contribution in [0.5, 0.6) is 0 Å². The van der Waals surface area contributed by atoms with Crippen LogP contribution in [0.4, 0.5) is 4.39 Å². The van der Waals surface area contributed by atoms with Crippen molar-refractivity contribution < 1.29 is 19.1 Å². The number of halogens is 1. The molecule has 5 nitrogen and oxygen atoms in total. The Hall–Kier alpha value is -1.98. The van der Waals surface area contributed by atoms with E-state index in [0.29, 0.717) is 12.8 Å². The fraction of sp³-hybridized carbons (Fsp3) is 0.500. The molecule has 1 aromatic rings. The van der Waals surface area contributed by atoms with Gasteiger partial charge in [0, 0.05) is 0 Å². The molecule has 0 aliphatic heterocycles. The fourth-order valence-corrected chi connectivity index (χ4v) is 2.54. The number of hydrogen-bond acceptors (Lipinski definition) is 3. The molecule has 1 fully saturated rings. The Kier molecular flexibility index (Phi) is 4.32. The maximum absolute atomic E-state index is 13.0. The van der Waals surface area contributed by atoms with Gasteiger partial charge in [0.1, 0.15) is 11.2 Å². The molecule has 0 atom stereocenters. The number of rotatable bonds is 3. The van der Waals surface area contributed by atoms with E-state index in [1.807, 2.05) is 0 Å². The lowest BCUT2D eigenvalue weighted by molar-refractivity contribution is -0.145. The van der Waals surface area contributed by atoms with E-state index < -0.39 is 23.4 Å². The Labute approximate surface area is 116 Å². The molecule has 0 aromatic carbocycles. The van der Waals surface area contributed by atoms with Gasteiger partial charge in [-0.1, -0.05) is 31.7 Å². The molecule has 1 aromatic heterocycles. The van der Waals surface area contributed by atoms with Crippen molar-refractivity contribution in [3.8, 4) is 0 Å². The van der Waals surface area contributed by atoms with Crippen LogP contribution >= 0.6 is 0 Å². The minimum absolute atomic E-state index is 0.102. The van der Waals surface area contributed by atoms with Gasteiger partial charge in [0.15, 0.2) is 0 Å². The topological polar surface area (TPSA) is 79.3 Å². The van der Waals surface area contributed by atoms with Gasteiger partial charge in [-0.2, -0.15) is 4.39 Å². The Morgan fingerprint density at radius 1 is 1.20 bits per heavy atom. The first kappa shape index (κ1) is 14.4. The average Bonchev–Trinajstić information content (AvgIpc) is 2.65. The molecular weight excluding hydrogens is 263 g/mol. The van der Waals surface area contributed by atoms with Crippen LogP contribution in [0.3, 0.4) is 0 Å². The number of carbonyl (C=O) groups excluding carboxylic acids is 1. The highest BCUT2D eigenvalue weighted by Crippen LogP contribution is 2.27. The van der Waals surface area contributed by atoms with Crippen LogP contribution in [-0.4, -0.2) is 27.5 Å². The Bertz CT molecular complexity index is 511. The summed E-state index contributed by atoms with van der Waals surface area (Å²) in [5, 5.41) is 12.0. The second kappa shape index (κ2) is 5.98. The zero-order valence-electron chi connectivity index (χ0n) is 11.1. The minimum atomic E-state index is -1.26. The lowest BCUT2D eigenvalue weighted by Crippen LogP contribution is -2.54. The van der Waals surface area contributed by atoms with Gasteiger partial charge in [-0.05, 0) is 25.0 Å². The van der Waals surface area contributed by atoms with Crippen LogP contribution in [0.2, 0.25) is 0 Å². The first-order valence-electron chi connectivity index (χ1n) is 6.72. The number of carbonyl (C=O) groups is 2. The molecule has 1 amide bonds. The van der Waals surface area contributed by atoms with Gasteiger partial charge >= 0.3 is 5.97 Å². The number of aromatic nitrogens is 1. The van der Waals surface area contributed by atoms with Gasteiger partial charge in [-0.3, -0.25) is 4.79 Å². The van der Waals surface area contributed by atoms with E-state index in [2.05, 4.69) is 10.3 Å². The van der Waals surface area contributed by atoms with Crippen molar-refractivity contribution in [1.29, 1.82) is 0 Å². The number of carboxylic acid groups (broad SMARTS) is 1. The molecule has 2 rings (SSSR count). The van der Waals surface area contributed by atoms with Crippen LogP contribution in [0.25, 0.3) is 0 Å². The van der Waals surface area contributed by atoms with Crippen LogP contribution in [0.15, 0.2) is 18.2 Å². The number of nitrogens with one attached hydrogen (secondary N) is 1. The van der Waals surface area contributed by atoms with E-state index in [9.17, 15) is 19.1 Å². The van der Waals surface area contributed by atoms with Gasteiger partial charge < -0.3 is 10.4 Å². The van der Waals surface area contributed by atoms with Crippen molar-refractivity contribution >= 4 is 11.9 Å². The molecule has 0 unspecified atom stereocenters. The molecule has 1 aliphatic rings. The van der Waals surface area contributed by atoms with E-state index in [-0.39, 0.29) is 5.69 Å². The first-order chi connectivity index (χ1) is 9.53. The minimum Gasteiger partial charge on any atom is -0.480 e. The quantitative estimate of drug-likeness (QED) is 0.656. The highest BCUT2D eigenvalue weighted by molar-refractivity contribution is 5.96. The van der Waals surface area contributed by atoms with Crippen molar-refractivity contribution in [2.75, 3.05) is 0 Å². The van der Waals surface area contributed by atoms with Crippen molar-refractivity contribution in [3.05, 3.63) is 29.8 Å². The molecule has 0 bridgehead atoms. The summed E-state index contributed by atoms with van der Waals surface area (Å²) in [4.78, 5) is 27.1. The Morgan fingerprint density at radius 3 is 2.40 bits per heavy atom. The van der Waals surface area contributed by atoms with Gasteiger partial charge in [0.2, 0.25) is 5.95 Å². The van der Waals surface area contributed by atoms with Crippen molar-refractivity contribution in [1.82, 2.24) is 10.3 Å². The predicted molar refractivity (Wildman–Crippen MR) is 69.7 cm³/mol. The standard InChI is InChI=1S/C14H17FN2O3/c15-11-7-5-6-10(16-11)12(18)17-14(13(19)20)8-3-1-2-4-9-14/h5-7H,1-4,8-9H2,(H,17,18)(H,19,20). The van der Waals surface area contributed by atoms with Gasteiger partial charge in [-0.15, -0.1) is 0 Å². The zero-order valence-corrected chi connectivity index (χ0v) is 11.1. The molecular formula is C14H17FN2O3. The van der Waals surface area contributed by atoms with E-state index in [4.69, 9.17) is 0 Å². The maximum Gasteiger partial charge on any atom is 0.329 e. The lowest BCUT2D eigenvalue weighted by Gasteiger charge is -2.29. The molecule has 0 spiro atoms. The summed E-state index contributed by atoms with van der Waals surface area (Å²) >= 11 is 0. The third-order valence-electron chi connectivity index (χ3n) is 3.67. The summed E-state index contributed by atoms with van der Waals surface area (Å²) in [5.74, 6) is -2.44. The molecule has 6 heteroatoms. The predicted octanol–water partition coefficient (Wildman–Crippen LogP) is 2.13. The van der Waals surface area contributed by atoms with Crippen molar-refractivity contribution in [2.24, 2.45) is 0 Å². The monoisotopic (exact) mass is 280 g/mol.